The van der Waals surface area contributed by atoms with E-state index in [1.54, 1.807) is 12.1 Å². The van der Waals surface area contributed by atoms with Crippen LogP contribution in [0.4, 0.5) is 14.9 Å². The van der Waals surface area contributed by atoms with Gasteiger partial charge in [0.25, 0.3) is 0 Å². The fourth-order valence-corrected chi connectivity index (χ4v) is 7.16. The molecule has 3 aliphatic rings. The quantitative estimate of drug-likeness (QED) is 0.382. The summed E-state index contributed by atoms with van der Waals surface area (Å²) >= 11 is 0. The van der Waals surface area contributed by atoms with Crippen LogP contribution in [0.2, 0.25) is 0 Å². The van der Waals surface area contributed by atoms with Crippen LogP contribution in [0.5, 0.6) is 0 Å². The zero-order valence-corrected chi connectivity index (χ0v) is 28.8. The molecule has 3 heterocycles. The van der Waals surface area contributed by atoms with Gasteiger partial charge >= 0.3 is 6.09 Å². The topological polar surface area (TPSA) is 89.3 Å². The first-order valence-electron chi connectivity index (χ1n) is 16.9. The Kier molecular flexibility index (Phi) is 10.6. The molecule has 0 spiro atoms. The number of hydrogen-bond acceptors (Lipinski definition) is 7. The van der Waals surface area contributed by atoms with Gasteiger partial charge in [-0.25, -0.2) is 9.18 Å². The predicted molar refractivity (Wildman–Crippen MR) is 180 cm³/mol. The molecule has 2 fully saturated rings. The SMILES string of the molecule is CC1COCCN1C[C@H]1CN(C(=O)OC(C)(C)C)[C@H](C)CN1CC(=O)N1CC(C)(CCC#N)c2ccc(Cc3ccc(F)cc3)cc21. The van der Waals surface area contributed by atoms with Gasteiger partial charge in [0.1, 0.15) is 11.4 Å². The third-order valence-electron chi connectivity index (χ3n) is 9.79. The zero-order chi connectivity index (χ0) is 33.9. The third kappa shape index (κ3) is 8.32. The Balaban J connectivity index is 1.40. The highest BCUT2D eigenvalue weighted by Crippen LogP contribution is 2.44. The van der Waals surface area contributed by atoms with E-state index in [0.29, 0.717) is 58.7 Å². The molecular weight excluding hydrogens is 597 g/mol. The number of carbonyl (C=O) groups is 2. The highest BCUT2D eigenvalue weighted by atomic mass is 19.1. The second-order valence-corrected chi connectivity index (χ2v) is 14.8. The molecule has 4 atom stereocenters. The fourth-order valence-electron chi connectivity index (χ4n) is 7.16. The van der Waals surface area contributed by atoms with Crippen molar-refractivity contribution in [3.8, 4) is 6.07 Å². The molecule has 2 unspecified atom stereocenters. The molecule has 0 aromatic heterocycles. The molecule has 0 bridgehead atoms. The van der Waals surface area contributed by atoms with Crippen molar-refractivity contribution in [2.75, 3.05) is 57.4 Å². The van der Waals surface area contributed by atoms with E-state index in [1.807, 2.05) is 37.5 Å². The largest absolute Gasteiger partial charge is 0.444 e. The molecule has 2 aromatic carbocycles. The fraction of sp³-hybridized carbons (Fsp3) is 0.595. The number of fused-ring (bicyclic) bond motifs is 1. The second-order valence-electron chi connectivity index (χ2n) is 14.8. The minimum Gasteiger partial charge on any atom is -0.444 e. The van der Waals surface area contributed by atoms with Crippen molar-refractivity contribution in [3.63, 3.8) is 0 Å². The lowest BCUT2D eigenvalue weighted by atomic mass is 9.80. The van der Waals surface area contributed by atoms with Gasteiger partial charge in [-0.3, -0.25) is 14.6 Å². The number of morpholine rings is 1. The van der Waals surface area contributed by atoms with E-state index in [0.717, 1.165) is 28.9 Å². The smallest absolute Gasteiger partial charge is 0.410 e. The normalized spacial score (nSPS) is 25.4. The van der Waals surface area contributed by atoms with Crippen LogP contribution in [0.3, 0.4) is 0 Å². The molecule has 2 aromatic rings. The van der Waals surface area contributed by atoms with Gasteiger partial charge in [0.15, 0.2) is 0 Å². The zero-order valence-electron chi connectivity index (χ0n) is 28.8. The Labute approximate surface area is 279 Å². The van der Waals surface area contributed by atoms with Gasteiger partial charge in [-0.1, -0.05) is 31.2 Å². The third-order valence-corrected chi connectivity index (χ3v) is 9.79. The minimum atomic E-state index is -0.602. The van der Waals surface area contributed by atoms with E-state index >= 15 is 0 Å². The molecule has 47 heavy (non-hydrogen) atoms. The maximum absolute atomic E-state index is 14.4. The Hall–Kier alpha value is -3.52. The Morgan fingerprint density at radius 3 is 2.47 bits per heavy atom. The number of anilines is 1. The monoisotopic (exact) mass is 647 g/mol. The predicted octanol–water partition coefficient (Wildman–Crippen LogP) is 5.36. The Bertz CT molecular complexity index is 1470. The molecule has 2 saturated heterocycles. The number of carbonyl (C=O) groups excluding carboxylic acids is 2. The molecule has 10 heteroatoms. The summed E-state index contributed by atoms with van der Waals surface area (Å²) in [5, 5.41) is 9.43. The number of rotatable bonds is 8. The minimum absolute atomic E-state index is 0.00353. The molecule has 0 N–H and O–H groups in total. The number of amides is 2. The number of halogens is 1. The summed E-state index contributed by atoms with van der Waals surface area (Å²) < 4.78 is 25.0. The van der Waals surface area contributed by atoms with Crippen molar-refractivity contribution in [3.05, 3.63) is 65.0 Å². The lowest BCUT2D eigenvalue weighted by Gasteiger charge is -2.47. The molecular formula is C37H50FN5O4. The van der Waals surface area contributed by atoms with Gasteiger partial charge < -0.3 is 19.3 Å². The molecule has 9 nitrogen and oxygen atoms in total. The van der Waals surface area contributed by atoms with Gasteiger partial charge in [-0.2, -0.15) is 5.26 Å². The first kappa shape index (κ1) is 34.8. The molecule has 254 valence electrons. The van der Waals surface area contributed by atoms with E-state index in [9.17, 15) is 19.2 Å². The summed E-state index contributed by atoms with van der Waals surface area (Å²) in [5.74, 6) is -0.265. The van der Waals surface area contributed by atoms with Crippen LogP contribution in [0.15, 0.2) is 42.5 Å². The van der Waals surface area contributed by atoms with Crippen LogP contribution in [0, 0.1) is 17.1 Å². The first-order chi connectivity index (χ1) is 22.3. The van der Waals surface area contributed by atoms with Crippen LogP contribution < -0.4 is 4.90 Å². The molecule has 0 radical (unpaired) electrons. The average molecular weight is 648 g/mol. The lowest BCUT2D eigenvalue weighted by molar-refractivity contribution is -0.121. The van der Waals surface area contributed by atoms with Gasteiger partial charge in [-0.15, -0.1) is 0 Å². The number of benzene rings is 2. The Morgan fingerprint density at radius 2 is 1.79 bits per heavy atom. The van der Waals surface area contributed by atoms with E-state index in [2.05, 4.69) is 47.9 Å². The lowest BCUT2D eigenvalue weighted by Crippen LogP contribution is -2.64. The number of nitrogens with zero attached hydrogens (tertiary/aromatic N) is 5. The maximum atomic E-state index is 14.4. The summed E-state index contributed by atoms with van der Waals surface area (Å²) in [7, 11) is 0. The van der Waals surface area contributed by atoms with Gasteiger partial charge in [0, 0.05) is 68.4 Å². The average Bonchev–Trinajstić information content (AvgIpc) is 3.30. The molecule has 5 rings (SSSR count). The summed E-state index contributed by atoms with van der Waals surface area (Å²) in [6, 6.07) is 15.1. The van der Waals surface area contributed by atoms with Crippen molar-refractivity contribution in [2.45, 2.75) is 89.9 Å². The van der Waals surface area contributed by atoms with Crippen molar-refractivity contribution in [1.82, 2.24) is 14.7 Å². The number of piperazine rings is 1. The van der Waals surface area contributed by atoms with Crippen LogP contribution in [0.25, 0.3) is 0 Å². The summed E-state index contributed by atoms with van der Waals surface area (Å²) in [5.41, 5.74) is 3.04. The van der Waals surface area contributed by atoms with Gasteiger partial charge in [0.05, 0.1) is 25.8 Å². The van der Waals surface area contributed by atoms with E-state index in [4.69, 9.17) is 9.47 Å². The number of nitriles is 1. The van der Waals surface area contributed by atoms with Crippen molar-refractivity contribution >= 4 is 17.7 Å². The van der Waals surface area contributed by atoms with Crippen molar-refractivity contribution in [2.24, 2.45) is 0 Å². The van der Waals surface area contributed by atoms with Crippen LogP contribution in [0.1, 0.15) is 71.1 Å². The summed E-state index contributed by atoms with van der Waals surface area (Å²) in [6.07, 6.45) is 1.35. The van der Waals surface area contributed by atoms with Gasteiger partial charge in [0.2, 0.25) is 5.91 Å². The van der Waals surface area contributed by atoms with Gasteiger partial charge in [-0.05, 0) is 82.3 Å². The first-order valence-corrected chi connectivity index (χ1v) is 16.9. The highest BCUT2D eigenvalue weighted by molar-refractivity contribution is 5.97. The summed E-state index contributed by atoms with van der Waals surface area (Å²) in [4.78, 5) is 36.0. The van der Waals surface area contributed by atoms with E-state index < -0.39 is 5.60 Å². The Morgan fingerprint density at radius 1 is 1.06 bits per heavy atom. The van der Waals surface area contributed by atoms with Crippen molar-refractivity contribution < 1.29 is 23.5 Å². The van der Waals surface area contributed by atoms with E-state index in [1.165, 1.54) is 12.1 Å². The second kappa shape index (κ2) is 14.3. The number of hydrogen-bond donors (Lipinski definition) is 0. The summed E-state index contributed by atoms with van der Waals surface area (Å²) in [6.45, 7) is 16.5. The van der Waals surface area contributed by atoms with Crippen molar-refractivity contribution in [1.29, 1.82) is 5.26 Å². The molecule has 2 amide bonds. The molecule has 0 aliphatic carbocycles. The van der Waals surface area contributed by atoms with Crippen LogP contribution in [-0.2, 0) is 26.1 Å². The standard InChI is InChI=1S/C37H50FN5O4/c1-26-20-41(31(21-40-16-17-46-24-27(40)2)22-42(26)35(45)47-36(3,4)5)23-34(44)43-25-37(6,14-7-15-39)32-13-10-29(19-33(32)43)18-28-8-11-30(38)12-9-28/h8-13,19,26-27,31H,7,14,16-18,20-25H2,1-6H3/t26-,27?,31+,37?/m1/s1. The molecule has 3 aliphatic heterocycles. The van der Waals surface area contributed by atoms with Crippen LogP contribution in [-0.4, -0.2) is 103 Å². The highest BCUT2D eigenvalue weighted by Gasteiger charge is 2.43. The van der Waals surface area contributed by atoms with Crippen LogP contribution >= 0.6 is 0 Å². The maximum Gasteiger partial charge on any atom is 0.410 e. The molecule has 0 saturated carbocycles. The van der Waals surface area contributed by atoms with E-state index in [-0.39, 0.29) is 47.9 Å². The number of ether oxygens (including phenoxy) is 2.